The van der Waals surface area contributed by atoms with Crippen LogP contribution in [-0.4, -0.2) is 23.2 Å². The minimum absolute atomic E-state index is 0.144. The fraction of sp³-hybridized carbons (Fsp3) is 0.273. The summed E-state index contributed by atoms with van der Waals surface area (Å²) in [6.07, 6.45) is 5.78. The van der Waals surface area contributed by atoms with Crippen molar-refractivity contribution in [1.29, 1.82) is 0 Å². The molecule has 1 aromatic heterocycles. The van der Waals surface area contributed by atoms with Gasteiger partial charge in [0.15, 0.2) is 11.5 Å². The summed E-state index contributed by atoms with van der Waals surface area (Å²) in [6.45, 7) is 5.32. The van der Waals surface area contributed by atoms with Gasteiger partial charge in [0.1, 0.15) is 5.82 Å². The van der Waals surface area contributed by atoms with Gasteiger partial charge in [0, 0.05) is 0 Å². The van der Waals surface area contributed by atoms with E-state index in [1.807, 2.05) is 49.4 Å². The number of fused-ring (bicyclic) bond motifs is 1. The number of rotatable bonds is 8. The molecule has 27 heavy (non-hydrogen) atoms. The number of hydrogen-bond acceptors (Lipinski definition) is 4. The second kappa shape index (κ2) is 9.03. The number of unbranched alkanes of at least 4 members (excludes halogenated alkanes) is 1. The summed E-state index contributed by atoms with van der Waals surface area (Å²) in [6, 6.07) is 13.1. The van der Waals surface area contributed by atoms with E-state index in [4.69, 9.17) is 9.47 Å². The summed E-state index contributed by atoms with van der Waals surface area (Å²) in [5.41, 5.74) is 1.47. The molecule has 0 aliphatic carbocycles. The van der Waals surface area contributed by atoms with Gasteiger partial charge in [-0.25, -0.2) is 4.98 Å². The number of nitrogens with one attached hydrogen (secondary N) is 1. The van der Waals surface area contributed by atoms with Gasteiger partial charge < -0.3 is 14.5 Å². The molecule has 0 aliphatic heterocycles. The second-order valence-electron chi connectivity index (χ2n) is 6.14. The minimum atomic E-state index is -0.144. The van der Waals surface area contributed by atoms with Crippen LogP contribution in [0.15, 0.2) is 47.3 Å². The summed E-state index contributed by atoms with van der Waals surface area (Å²) >= 11 is 0. The average molecular weight is 364 g/mol. The molecule has 0 radical (unpaired) electrons. The van der Waals surface area contributed by atoms with E-state index in [1.54, 1.807) is 12.1 Å². The fourth-order valence-electron chi connectivity index (χ4n) is 2.70. The van der Waals surface area contributed by atoms with E-state index in [-0.39, 0.29) is 5.56 Å². The van der Waals surface area contributed by atoms with Crippen molar-refractivity contribution in [3.05, 3.63) is 64.2 Å². The Bertz CT molecular complexity index is 992. The molecule has 1 heterocycles. The third-order valence-electron chi connectivity index (χ3n) is 4.09. The van der Waals surface area contributed by atoms with Crippen molar-refractivity contribution in [3.63, 3.8) is 0 Å². The molecule has 0 aliphatic rings. The SMILES string of the molecule is CCCCOc1ccc(/C=C/c2nc3ccccc3c(=O)[nH]2)cc1OCC. The molecule has 0 unspecified atom stereocenters. The van der Waals surface area contributed by atoms with E-state index < -0.39 is 0 Å². The van der Waals surface area contributed by atoms with Crippen LogP contribution in [0.1, 0.15) is 38.1 Å². The maximum absolute atomic E-state index is 12.2. The molecule has 2 aromatic carbocycles. The van der Waals surface area contributed by atoms with Gasteiger partial charge in [-0.15, -0.1) is 0 Å². The van der Waals surface area contributed by atoms with Gasteiger partial charge >= 0.3 is 0 Å². The normalized spacial score (nSPS) is 11.2. The number of benzene rings is 2. The highest BCUT2D eigenvalue weighted by molar-refractivity contribution is 5.79. The molecular formula is C22H24N2O3. The molecule has 3 aromatic rings. The predicted molar refractivity (Wildman–Crippen MR) is 109 cm³/mol. The second-order valence-corrected chi connectivity index (χ2v) is 6.14. The molecule has 0 amide bonds. The Morgan fingerprint density at radius 3 is 2.70 bits per heavy atom. The molecular weight excluding hydrogens is 340 g/mol. The van der Waals surface area contributed by atoms with E-state index >= 15 is 0 Å². The lowest BCUT2D eigenvalue weighted by atomic mass is 10.2. The number of nitrogens with zero attached hydrogens (tertiary/aromatic N) is 1. The van der Waals surface area contributed by atoms with Crippen LogP contribution in [0.25, 0.3) is 23.1 Å². The number of H-pyrrole nitrogens is 1. The highest BCUT2D eigenvalue weighted by Gasteiger charge is 2.06. The van der Waals surface area contributed by atoms with E-state index in [9.17, 15) is 4.79 Å². The lowest BCUT2D eigenvalue weighted by molar-refractivity contribution is 0.272. The molecule has 5 heteroatoms. The summed E-state index contributed by atoms with van der Waals surface area (Å²) in [5.74, 6) is 1.98. The van der Waals surface area contributed by atoms with E-state index in [0.29, 0.717) is 29.9 Å². The Morgan fingerprint density at radius 2 is 1.89 bits per heavy atom. The van der Waals surface area contributed by atoms with Gasteiger partial charge in [-0.3, -0.25) is 4.79 Å². The van der Waals surface area contributed by atoms with Crippen LogP contribution in [0.5, 0.6) is 11.5 Å². The van der Waals surface area contributed by atoms with E-state index in [0.717, 1.165) is 29.9 Å². The van der Waals surface area contributed by atoms with Crippen molar-refractivity contribution in [2.75, 3.05) is 13.2 Å². The average Bonchev–Trinajstić information content (AvgIpc) is 2.68. The zero-order valence-corrected chi connectivity index (χ0v) is 15.7. The number of aromatic amines is 1. The Morgan fingerprint density at radius 1 is 1.04 bits per heavy atom. The fourth-order valence-corrected chi connectivity index (χ4v) is 2.70. The molecule has 0 bridgehead atoms. The van der Waals surface area contributed by atoms with Crippen molar-refractivity contribution >= 4 is 23.1 Å². The smallest absolute Gasteiger partial charge is 0.259 e. The quantitative estimate of drug-likeness (QED) is 0.590. The number of aromatic nitrogens is 2. The number of para-hydroxylation sites is 1. The van der Waals surface area contributed by atoms with Crippen LogP contribution in [-0.2, 0) is 0 Å². The first-order chi connectivity index (χ1) is 13.2. The molecule has 0 saturated carbocycles. The van der Waals surface area contributed by atoms with Crippen molar-refractivity contribution in [3.8, 4) is 11.5 Å². The topological polar surface area (TPSA) is 64.2 Å². The van der Waals surface area contributed by atoms with Crippen molar-refractivity contribution in [1.82, 2.24) is 9.97 Å². The van der Waals surface area contributed by atoms with Gasteiger partial charge in [-0.1, -0.05) is 37.6 Å². The largest absolute Gasteiger partial charge is 0.490 e. The minimum Gasteiger partial charge on any atom is -0.490 e. The van der Waals surface area contributed by atoms with E-state index in [1.165, 1.54) is 0 Å². The maximum atomic E-state index is 12.2. The highest BCUT2D eigenvalue weighted by Crippen LogP contribution is 2.29. The van der Waals surface area contributed by atoms with Crippen LogP contribution < -0.4 is 15.0 Å². The van der Waals surface area contributed by atoms with Crippen molar-refractivity contribution in [2.24, 2.45) is 0 Å². The lowest BCUT2D eigenvalue weighted by Gasteiger charge is -2.12. The zero-order valence-electron chi connectivity index (χ0n) is 15.7. The number of ether oxygens (including phenoxy) is 2. The molecule has 5 nitrogen and oxygen atoms in total. The Labute approximate surface area is 158 Å². The summed E-state index contributed by atoms with van der Waals surface area (Å²) in [5, 5.41) is 0.585. The van der Waals surface area contributed by atoms with Crippen LogP contribution >= 0.6 is 0 Å². The highest BCUT2D eigenvalue weighted by atomic mass is 16.5. The summed E-state index contributed by atoms with van der Waals surface area (Å²) < 4.78 is 11.5. The summed E-state index contributed by atoms with van der Waals surface area (Å²) in [7, 11) is 0. The van der Waals surface area contributed by atoms with Crippen LogP contribution in [0.3, 0.4) is 0 Å². The molecule has 1 N–H and O–H groups in total. The Hall–Kier alpha value is -3.08. The van der Waals surface area contributed by atoms with Crippen molar-refractivity contribution in [2.45, 2.75) is 26.7 Å². The van der Waals surface area contributed by atoms with Crippen LogP contribution in [0.4, 0.5) is 0 Å². The molecule has 0 atom stereocenters. The molecule has 0 fully saturated rings. The van der Waals surface area contributed by atoms with E-state index in [2.05, 4.69) is 16.9 Å². The standard InChI is InChI=1S/C22H24N2O3/c1-3-5-14-27-19-12-10-16(15-20(19)26-4-2)11-13-21-23-18-9-7-6-8-17(18)22(25)24-21/h6-13,15H,3-5,14H2,1-2H3,(H,23,24,25)/b13-11+. The molecule has 0 saturated heterocycles. The zero-order chi connectivity index (χ0) is 19.1. The van der Waals surface area contributed by atoms with Gasteiger partial charge in [0.05, 0.1) is 24.1 Å². The monoisotopic (exact) mass is 364 g/mol. The molecule has 3 rings (SSSR count). The van der Waals surface area contributed by atoms with Gasteiger partial charge in [0.25, 0.3) is 5.56 Å². The summed E-state index contributed by atoms with van der Waals surface area (Å²) in [4.78, 5) is 19.4. The maximum Gasteiger partial charge on any atom is 0.259 e. The number of hydrogen-bond donors (Lipinski definition) is 1. The third kappa shape index (κ3) is 4.76. The predicted octanol–water partition coefficient (Wildman–Crippen LogP) is 4.67. The van der Waals surface area contributed by atoms with Crippen LogP contribution in [0.2, 0.25) is 0 Å². The first kappa shape index (κ1) is 18.7. The van der Waals surface area contributed by atoms with Gasteiger partial charge in [-0.2, -0.15) is 0 Å². The lowest BCUT2D eigenvalue weighted by Crippen LogP contribution is -2.09. The van der Waals surface area contributed by atoms with Gasteiger partial charge in [0.2, 0.25) is 0 Å². The van der Waals surface area contributed by atoms with Crippen molar-refractivity contribution < 1.29 is 9.47 Å². The third-order valence-corrected chi connectivity index (χ3v) is 4.09. The molecule has 0 spiro atoms. The first-order valence-corrected chi connectivity index (χ1v) is 9.28. The Balaban J connectivity index is 1.84. The van der Waals surface area contributed by atoms with Gasteiger partial charge in [-0.05, 0) is 49.2 Å². The first-order valence-electron chi connectivity index (χ1n) is 9.28. The Kier molecular flexibility index (Phi) is 6.26. The molecule has 140 valence electrons. The van der Waals surface area contributed by atoms with Crippen LogP contribution in [0, 0.1) is 0 Å².